The number of thioether (sulfide) groups is 1. The van der Waals surface area contributed by atoms with Crippen molar-refractivity contribution in [1.29, 1.82) is 0 Å². The number of hydrogen-bond acceptors (Lipinski definition) is 7. The Balaban J connectivity index is 1.74. The van der Waals surface area contributed by atoms with Crippen molar-refractivity contribution in [3.05, 3.63) is 52.9 Å². The van der Waals surface area contributed by atoms with Crippen LogP contribution in [0.25, 0.3) is 28.2 Å². The fourth-order valence-electron chi connectivity index (χ4n) is 3.39. The third-order valence-corrected chi connectivity index (χ3v) is 7.65. The Hall–Kier alpha value is -2.53. The molecule has 2 aromatic heterocycles. The summed E-state index contributed by atoms with van der Waals surface area (Å²) < 4.78 is 34.6. The lowest BCUT2D eigenvalue weighted by Gasteiger charge is -2.21. The van der Waals surface area contributed by atoms with Crippen LogP contribution in [0.4, 0.5) is 0 Å². The van der Waals surface area contributed by atoms with Crippen molar-refractivity contribution in [2.24, 2.45) is 0 Å². The number of rotatable bonds is 4. The molecule has 0 saturated carbocycles. The predicted octanol–water partition coefficient (Wildman–Crippen LogP) is 4.37. The highest BCUT2D eigenvalue weighted by atomic mass is 32.2. The Labute approximate surface area is 195 Å². The zero-order valence-corrected chi connectivity index (χ0v) is 20.3. The van der Waals surface area contributed by atoms with Gasteiger partial charge >= 0.3 is 0 Å². The normalized spacial score (nSPS) is 16.2. The molecule has 0 bridgehead atoms. The Kier molecular flexibility index (Phi) is 5.74. The van der Waals surface area contributed by atoms with Crippen LogP contribution >= 0.6 is 24.0 Å². The number of sulfonamides is 1. The number of carbonyl (C=O) groups excluding carboxylic acids is 1. The van der Waals surface area contributed by atoms with E-state index in [0.717, 1.165) is 16.5 Å². The molecule has 7 nitrogen and oxygen atoms in total. The maximum absolute atomic E-state index is 12.8. The van der Waals surface area contributed by atoms with E-state index in [0.29, 0.717) is 26.1 Å². The molecule has 1 fully saturated rings. The minimum absolute atomic E-state index is 0.224. The Bertz CT molecular complexity index is 1400. The first-order valence-electron chi connectivity index (χ1n) is 9.70. The molecule has 1 saturated heterocycles. The lowest BCUT2D eigenvalue weighted by atomic mass is 10.0. The van der Waals surface area contributed by atoms with Gasteiger partial charge in [0.25, 0.3) is 5.91 Å². The number of pyridine rings is 1. The summed E-state index contributed by atoms with van der Waals surface area (Å²) >= 11 is 6.20. The van der Waals surface area contributed by atoms with E-state index in [-0.39, 0.29) is 10.8 Å². The summed E-state index contributed by atoms with van der Waals surface area (Å²) in [6, 6.07) is 6.92. The van der Waals surface area contributed by atoms with E-state index < -0.39 is 15.6 Å². The molecule has 4 rings (SSSR count). The first kappa shape index (κ1) is 22.7. The van der Waals surface area contributed by atoms with E-state index in [1.54, 1.807) is 70.4 Å². The molecule has 10 heteroatoms. The van der Waals surface area contributed by atoms with E-state index in [4.69, 9.17) is 16.6 Å². The molecule has 3 aromatic rings. The van der Waals surface area contributed by atoms with Crippen molar-refractivity contribution in [2.75, 3.05) is 0 Å². The van der Waals surface area contributed by atoms with Crippen molar-refractivity contribution in [3.8, 4) is 11.1 Å². The van der Waals surface area contributed by atoms with Gasteiger partial charge in [-0.15, -0.1) is 0 Å². The van der Waals surface area contributed by atoms with Crippen LogP contribution in [0.2, 0.25) is 0 Å². The number of nitrogens with zero attached hydrogens (tertiary/aromatic N) is 1. The number of aromatic nitrogens is 1. The highest BCUT2D eigenvalue weighted by Crippen LogP contribution is 2.34. The average Bonchev–Trinajstić information content (AvgIpc) is 3.21. The summed E-state index contributed by atoms with van der Waals surface area (Å²) in [5.74, 6) is 0.247. The Morgan fingerprint density at radius 3 is 2.59 bits per heavy atom. The second kappa shape index (κ2) is 8.11. The van der Waals surface area contributed by atoms with Gasteiger partial charge in [-0.1, -0.05) is 30.0 Å². The van der Waals surface area contributed by atoms with Crippen molar-refractivity contribution < 1.29 is 17.6 Å². The summed E-state index contributed by atoms with van der Waals surface area (Å²) in [7, 11) is -3.66. The number of hydrogen-bond donors (Lipinski definition) is 2. The van der Waals surface area contributed by atoms with Gasteiger partial charge in [0, 0.05) is 35.0 Å². The van der Waals surface area contributed by atoms with E-state index in [9.17, 15) is 13.2 Å². The zero-order chi connectivity index (χ0) is 23.3. The second-order valence-electron chi connectivity index (χ2n) is 8.44. The van der Waals surface area contributed by atoms with Crippen LogP contribution in [0.15, 0.2) is 50.9 Å². The van der Waals surface area contributed by atoms with Crippen LogP contribution < -0.4 is 10.0 Å². The van der Waals surface area contributed by atoms with Gasteiger partial charge in [-0.25, -0.2) is 13.1 Å². The lowest BCUT2D eigenvalue weighted by molar-refractivity contribution is -0.115. The SMILES string of the molecule is Cc1cc(-c2cncc3cc(/C=C4\SC(=S)NC4=O)oc23)ccc1S(=O)(=O)NC(C)(C)C. The Morgan fingerprint density at radius 2 is 1.97 bits per heavy atom. The van der Waals surface area contributed by atoms with Crippen LogP contribution in [0, 0.1) is 6.92 Å². The molecule has 0 spiro atoms. The minimum Gasteiger partial charge on any atom is -0.456 e. The third kappa shape index (κ3) is 4.63. The molecule has 0 unspecified atom stereocenters. The van der Waals surface area contributed by atoms with Gasteiger partial charge < -0.3 is 9.73 Å². The number of furan rings is 1. The van der Waals surface area contributed by atoms with Crippen LogP contribution in [0.1, 0.15) is 32.1 Å². The number of benzene rings is 1. The topological polar surface area (TPSA) is 101 Å². The molecule has 166 valence electrons. The van der Waals surface area contributed by atoms with Gasteiger partial charge in [-0.3, -0.25) is 9.78 Å². The maximum atomic E-state index is 12.8. The number of aryl methyl sites for hydroxylation is 1. The average molecular weight is 488 g/mol. The standard InChI is InChI=1S/C22H21N3O4S3/c1-12-7-13(5-6-18(12)32(27,28)25-22(2,3)4)16-11-23-10-14-8-15(29-19(14)16)9-17-20(26)24-21(30)31-17/h5-11,25H,1-4H3,(H,24,26,30)/b17-9-. The van der Waals surface area contributed by atoms with E-state index >= 15 is 0 Å². The maximum Gasteiger partial charge on any atom is 0.263 e. The van der Waals surface area contributed by atoms with Gasteiger partial charge in [0.15, 0.2) is 0 Å². The summed E-state index contributed by atoms with van der Waals surface area (Å²) in [4.78, 5) is 16.9. The smallest absolute Gasteiger partial charge is 0.263 e. The van der Waals surface area contributed by atoms with Crippen LogP contribution in [-0.4, -0.2) is 29.2 Å². The first-order chi connectivity index (χ1) is 14.9. The molecule has 2 N–H and O–H groups in total. The second-order valence-corrected chi connectivity index (χ2v) is 11.8. The molecule has 1 aliphatic heterocycles. The number of nitrogens with one attached hydrogen (secondary N) is 2. The molecular weight excluding hydrogens is 466 g/mol. The number of amides is 1. The van der Waals surface area contributed by atoms with E-state index in [1.165, 1.54) is 11.8 Å². The molecule has 1 aliphatic rings. The van der Waals surface area contributed by atoms with Gasteiger partial charge in [0.05, 0.1) is 9.80 Å². The summed E-state index contributed by atoms with van der Waals surface area (Å²) in [6.45, 7) is 7.15. The minimum atomic E-state index is -3.66. The lowest BCUT2D eigenvalue weighted by Crippen LogP contribution is -2.40. The fraction of sp³-hybridized carbons (Fsp3) is 0.227. The Morgan fingerprint density at radius 1 is 1.22 bits per heavy atom. The van der Waals surface area contributed by atoms with Crippen molar-refractivity contribution in [3.63, 3.8) is 0 Å². The van der Waals surface area contributed by atoms with Crippen LogP contribution in [0.3, 0.4) is 0 Å². The third-order valence-electron chi connectivity index (χ3n) is 4.57. The molecule has 1 amide bonds. The fourth-order valence-corrected chi connectivity index (χ4v) is 6.06. The monoisotopic (exact) mass is 487 g/mol. The zero-order valence-electron chi connectivity index (χ0n) is 17.8. The first-order valence-corrected chi connectivity index (χ1v) is 12.4. The number of thiocarbonyl (C=S) groups is 1. The van der Waals surface area contributed by atoms with Gasteiger partial charge in [0.1, 0.15) is 15.7 Å². The summed E-state index contributed by atoms with van der Waals surface area (Å²) in [5.41, 5.74) is 2.12. The molecule has 3 heterocycles. The van der Waals surface area contributed by atoms with Crippen molar-refractivity contribution >= 4 is 61.3 Å². The van der Waals surface area contributed by atoms with Crippen molar-refractivity contribution in [1.82, 2.24) is 15.0 Å². The van der Waals surface area contributed by atoms with Crippen molar-refractivity contribution in [2.45, 2.75) is 38.1 Å². The molecule has 32 heavy (non-hydrogen) atoms. The number of fused-ring (bicyclic) bond motifs is 1. The largest absolute Gasteiger partial charge is 0.456 e. The molecular formula is C22H21N3O4S3. The van der Waals surface area contributed by atoms with E-state index in [2.05, 4.69) is 15.0 Å². The predicted molar refractivity (Wildman–Crippen MR) is 131 cm³/mol. The summed E-state index contributed by atoms with van der Waals surface area (Å²) in [6.07, 6.45) is 4.99. The number of carbonyl (C=O) groups is 1. The van der Waals surface area contributed by atoms with Gasteiger partial charge in [-0.2, -0.15) is 0 Å². The molecule has 0 aliphatic carbocycles. The summed E-state index contributed by atoms with van der Waals surface area (Å²) in [5, 5.41) is 3.34. The molecule has 1 aromatic carbocycles. The quantitative estimate of drug-likeness (QED) is 0.416. The highest BCUT2D eigenvalue weighted by Gasteiger charge is 2.25. The molecule has 0 radical (unpaired) electrons. The van der Waals surface area contributed by atoms with Crippen LogP contribution in [0.5, 0.6) is 0 Å². The van der Waals surface area contributed by atoms with Crippen LogP contribution in [-0.2, 0) is 14.8 Å². The van der Waals surface area contributed by atoms with Gasteiger partial charge in [-0.05, 0) is 57.0 Å². The molecule has 0 atom stereocenters. The van der Waals surface area contributed by atoms with Gasteiger partial charge in [0.2, 0.25) is 10.0 Å². The van der Waals surface area contributed by atoms with E-state index in [1.807, 2.05) is 0 Å². The highest BCUT2D eigenvalue weighted by molar-refractivity contribution is 8.26.